The second-order valence-electron chi connectivity index (χ2n) is 4.62. The molecule has 1 aliphatic rings. The van der Waals surface area contributed by atoms with Crippen LogP contribution >= 0.6 is 11.6 Å². The first-order valence-corrected chi connectivity index (χ1v) is 6.74. The molecule has 2 atom stereocenters. The van der Waals surface area contributed by atoms with Gasteiger partial charge in [-0.3, -0.25) is 4.79 Å². The Kier molecular flexibility index (Phi) is 5.42. The van der Waals surface area contributed by atoms with Crippen LogP contribution in [0.15, 0.2) is 23.8 Å². The van der Waals surface area contributed by atoms with E-state index in [4.69, 9.17) is 16.3 Å². The first-order valence-electron chi connectivity index (χ1n) is 6.36. The molecule has 0 aromatic rings. The van der Waals surface area contributed by atoms with Crippen LogP contribution in [-0.2, 0) is 9.53 Å². The molecular formula is C14H22ClNO2. The Morgan fingerprint density at radius 1 is 1.56 bits per heavy atom. The van der Waals surface area contributed by atoms with Gasteiger partial charge in [-0.25, -0.2) is 0 Å². The highest BCUT2D eigenvalue weighted by atomic mass is 35.5. The third-order valence-corrected chi connectivity index (χ3v) is 3.51. The molecule has 0 radical (unpaired) electrons. The van der Waals surface area contributed by atoms with Gasteiger partial charge in [-0.1, -0.05) is 25.2 Å². The van der Waals surface area contributed by atoms with E-state index in [1.807, 2.05) is 32.1 Å². The van der Waals surface area contributed by atoms with Crippen molar-refractivity contribution in [2.75, 3.05) is 13.3 Å². The maximum absolute atomic E-state index is 11.8. The van der Waals surface area contributed by atoms with E-state index < -0.39 is 4.87 Å². The van der Waals surface area contributed by atoms with Gasteiger partial charge in [0.05, 0.1) is 10.9 Å². The van der Waals surface area contributed by atoms with Gasteiger partial charge in [0.2, 0.25) is 5.91 Å². The van der Waals surface area contributed by atoms with Crippen LogP contribution in [0.5, 0.6) is 0 Å². The fraction of sp³-hybridized carbons (Fsp3) is 0.643. The molecule has 0 N–H and O–H groups in total. The lowest BCUT2D eigenvalue weighted by Crippen LogP contribution is -2.52. The smallest absolute Gasteiger partial charge is 0.221 e. The molecule has 0 saturated carbocycles. The van der Waals surface area contributed by atoms with Crippen LogP contribution < -0.4 is 0 Å². The summed E-state index contributed by atoms with van der Waals surface area (Å²) in [6.45, 7) is 8.33. The van der Waals surface area contributed by atoms with E-state index in [1.54, 1.807) is 11.8 Å². The molecule has 1 rings (SSSR count). The summed E-state index contributed by atoms with van der Waals surface area (Å²) in [5.41, 5.74) is 1.16. The van der Waals surface area contributed by atoms with Gasteiger partial charge in [-0.15, -0.1) is 11.6 Å². The highest BCUT2D eigenvalue weighted by Gasteiger charge is 2.39. The first-order chi connectivity index (χ1) is 8.44. The lowest BCUT2D eigenvalue weighted by atomic mass is 9.86. The quantitative estimate of drug-likeness (QED) is 0.568. The van der Waals surface area contributed by atoms with Gasteiger partial charge in [0.1, 0.15) is 6.73 Å². The molecule has 0 fully saturated rings. The van der Waals surface area contributed by atoms with Crippen LogP contribution in [0.2, 0.25) is 0 Å². The average molecular weight is 272 g/mol. The molecule has 3 nitrogen and oxygen atoms in total. The Bertz CT molecular complexity index is 361. The van der Waals surface area contributed by atoms with E-state index >= 15 is 0 Å². The number of hydrogen-bond donors (Lipinski definition) is 0. The van der Waals surface area contributed by atoms with E-state index in [1.165, 1.54) is 0 Å². The SMILES string of the molecule is CCOCN(C(C)=O)C1C(CC)=CC=CC1(C)Cl. The van der Waals surface area contributed by atoms with Crippen molar-refractivity contribution < 1.29 is 9.53 Å². The monoisotopic (exact) mass is 271 g/mol. The summed E-state index contributed by atoms with van der Waals surface area (Å²) < 4.78 is 5.39. The lowest BCUT2D eigenvalue weighted by molar-refractivity contribution is -0.137. The molecule has 4 heteroatoms. The zero-order valence-electron chi connectivity index (χ0n) is 11.6. The topological polar surface area (TPSA) is 29.5 Å². The van der Waals surface area contributed by atoms with Gasteiger partial charge in [-0.2, -0.15) is 0 Å². The molecule has 0 saturated heterocycles. The number of halogens is 1. The van der Waals surface area contributed by atoms with Gasteiger partial charge >= 0.3 is 0 Å². The van der Waals surface area contributed by atoms with Gasteiger partial charge in [0.25, 0.3) is 0 Å². The highest BCUT2D eigenvalue weighted by Crippen LogP contribution is 2.35. The predicted molar refractivity (Wildman–Crippen MR) is 74.6 cm³/mol. The normalized spacial score (nSPS) is 26.9. The molecule has 0 bridgehead atoms. The minimum absolute atomic E-state index is 0.0185. The Labute approximate surface area is 114 Å². The van der Waals surface area contributed by atoms with Crippen molar-refractivity contribution in [2.24, 2.45) is 0 Å². The van der Waals surface area contributed by atoms with Crippen molar-refractivity contribution in [2.45, 2.75) is 45.0 Å². The number of rotatable bonds is 5. The summed E-state index contributed by atoms with van der Waals surface area (Å²) >= 11 is 6.55. The summed E-state index contributed by atoms with van der Waals surface area (Å²) in [5, 5.41) is 0. The summed E-state index contributed by atoms with van der Waals surface area (Å²) in [4.78, 5) is 13.0. The maximum atomic E-state index is 11.8. The van der Waals surface area contributed by atoms with Crippen LogP contribution in [-0.4, -0.2) is 35.1 Å². The van der Waals surface area contributed by atoms with Crippen LogP contribution in [0, 0.1) is 0 Å². The van der Waals surface area contributed by atoms with E-state index in [9.17, 15) is 4.79 Å². The summed E-state index contributed by atoms with van der Waals surface area (Å²) in [5.74, 6) is -0.0185. The van der Waals surface area contributed by atoms with E-state index in [0.717, 1.165) is 12.0 Å². The Hall–Kier alpha value is -0.800. The molecule has 1 aliphatic carbocycles. The largest absolute Gasteiger partial charge is 0.361 e. The summed E-state index contributed by atoms with van der Waals surface area (Å²) in [7, 11) is 0. The van der Waals surface area contributed by atoms with E-state index in [0.29, 0.717) is 6.61 Å². The zero-order valence-corrected chi connectivity index (χ0v) is 12.3. The molecule has 0 spiro atoms. The van der Waals surface area contributed by atoms with Crippen molar-refractivity contribution >= 4 is 17.5 Å². The number of carbonyl (C=O) groups is 1. The summed E-state index contributed by atoms with van der Waals surface area (Å²) in [6.07, 6.45) is 6.80. The second kappa shape index (κ2) is 6.39. The standard InChI is InChI=1S/C14H22ClNO2/c1-5-12-8-7-9-14(4,15)13(12)16(11(3)17)10-18-6-2/h7-9,13H,5-6,10H2,1-4H3. The molecule has 18 heavy (non-hydrogen) atoms. The zero-order chi connectivity index (χ0) is 13.8. The van der Waals surface area contributed by atoms with Crippen molar-refractivity contribution in [3.8, 4) is 0 Å². The van der Waals surface area contributed by atoms with E-state index in [2.05, 4.69) is 6.92 Å². The fourth-order valence-corrected chi connectivity index (χ4v) is 2.59. The number of nitrogens with zero attached hydrogens (tertiary/aromatic N) is 1. The van der Waals surface area contributed by atoms with Crippen LogP contribution in [0.1, 0.15) is 34.1 Å². The number of hydrogen-bond acceptors (Lipinski definition) is 2. The minimum Gasteiger partial charge on any atom is -0.361 e. The third kappa shape index (κ3) is 3.36. The number of ether oxygens (including phenoxy) is 1. The van der Waals surface area contributed by atoms with Crippen LogP contribution in [0.4, 0.5) is 0 Å². The maximum Gasteiger partial charge on any atom is 0.221 e. The number of carbonyl (C=O) groups excluding carboxylic acids is 1. The Morgan fingerprint density at radius 2 is 2.22 bits per heavy atom. The number of allylic oxidation sites excluding steroid dienone is 2. The lowest BCUT2D eigenvalue weighted by Gasteiger charge is -2.41. The van der Waals surface area contributed by atoms with Crippen molar-refractivity contribution in [1.29, 1.82) is 0 Å². The van der Waals surface area contributed by atoms with Gasteiger partial charge in [-0.05, 0) is 25.8 Å². The van der Waals surface area contributed by atoms with E-state index in [-0.39, 0.29) is 18.7 Å². The molecule has 0 aromatic carbocycles. The minimum atomic E-state index is -0.580. The van der Waals surface area contributed by atoms with Gasteiger partial charge in [0.15, 0.2) is 0 Å². The molecule has 0 heterocycles. The van der Waals surface area contributed by atoms with Crippen molar-refractivity contribution in [3.63, 3.8) is 0 Å². The number of alkyl halides is 1. The molecule has 102 valence electrons. The molecule has 0 aromatic heterocycles. The molecule has 0 aliphatic heterocycles. The van der Waals surface area contributed by atoms with Crippen LogP contribution in [0.25, 0.3) is 0 Å². The molecular weight excluding hydrogens is 250 g/mol. The summed E-state index contributed by atoms with van der Waals surface area (Å²) in [6, 6.07) is -0.141. The second-order valence-corrected chi connectivity index (χ2v) is 5.43. The predicted octanol–water partition coefficient (Wildman–Crippen LogP) is 3.10. The van der Waals surface area contributed by atoms with Crippen LogP contribution in [0.3, 0.4) is 0 Å². The van der Waals surface area contributed by atoms with Crippen molar-refractivity contribution in [3.05, 3.63) is 23.8 Å². The van der Waals surface area contributed by atoms with Gasteiger partial charge in [0, 0.05) is 13.5 Å². The number of amides is 1. The first kappa shape index (κ1) is 15.3. The Morgan fingerprint density at radius 3 is 2.72 bits per heavy atom. The third-order valence-electron chi connectivity index (χ3n) is 3.18. The average Bonchev–Trinajstić information content (AvgIpc) is 2.30. The van der Waals surface area contributed by atoms with Crippen molar-refractivity contribution in [1.82, 2.24) is 4.90 Å². The highest BCUT2D eigenvalue weighted by molar-refractivity contribution is 6.26. The molecule has 2 unspecified atom stereocenters. The molecule has 1 amide bonds. The Balaban J connectivity index is 3.02. The van der Waals surface area contributed by atoms with Gasteiger partial charge < -0.3 is 9.64 Å². The fourth-order valence-electron chi connectivity index (χ4n) is 2.26.